The summed E-state index contributed by atoms with van der Waals surface area (Å²) in [6.45, 7) is 2.46. The zero-order valence-electron chi connectivity index (χ0n) is 11.5. The molecule has 0 amide bonds. The first-order valence-corrected chi connectivity index (χ1v) is 6.98. The van der Waals surface area contributed by atoms with E-state index in [1.807, 2.05) is 12.4 Å². The van der Waals surface area contributed by atoms with Gasteiger partial charge >= 0.3 is 0 Å². The van der Waals surface area contributed by atoms with E-state index >= 15 is 0 Å². The van der Waals surface area contributed by atoms with Crippen LogP contribution in [0.25, 0.3) is 21.8 Å². The SMILES string of the molecule is Cn1c2ccncc2c2cc(C3COCCN3)ccc21. The maximum atomic E-state index is 5.56. The Morgan fingerprint density at radius 3 is 3.00 bits per heavy atom. The number of nitrogens with one attached hydrogen (secondary N) is 1. The summed E-state index contributed by atoms with van der Waals surface area (Å²) in [6.07, 6.45) is 3.80. The van der Waals surface area contributed by atoms with Crippen molar-refractivity contribution in [3.8, 4) is 0 Å². The number of pyridine rings is 1. The number of morpholine rings is 1. The van der Waals surface area contributed by atoms with Gasteiger partial charge in [0.05, 0.1) is 24.8 Å². The van der Waals surface area contributed by atoms with Gasteiger partial charge in [-0.1, -0.05) is 6.07 Å². The Kier molecular flexibility index (Phi) is 2.72. The number of rotatable bonds is 1. The first-order chi connectivity index (χ1) is 9.84. The van der Waals surface area contributed by atoms with Crippen LogP contribution >= 0.6 is 0 Å². The zero-order valence-corrected chi connectivity index (χ0v) is 11.5. The molecular formula is C16H17N3O. The molecule has 2 aromatic heterocycles. The zero-order chi connectivity index (χ0) is 13.5. The van der Waals surface area contributed by atoms with Crippen molar-refractivity contribution < 1.29 is 4.74 Å². The number of aromatic nitrogens is 2. The molecule has 1 aliphatic heterocycles. The van der Waals surface area contributed by atoms with Crippen LogP contribution in [0.4, 0.5) is 0 Å². The van der Waals surface area contributed by atoms with Crippen molar-refractivity contribution in [1.82, 2.24) is 14.9 Å². The van der Waals surface area contributed by atoms with Gasteiger partial charge < -0.3 is 14.6 Å². The first-order valence-electron chi connectivity index (χ1n) is 6.98. The molecule has 1 atom stereocenters. The van der Waals surface area contributed by atoms with Gasteiger partial charge in [0.1, 0.15) is 0 Å². The van der Waals surface area contributed by atoms with E-state index in [9.17, 15) is 0 Å². The minimum Gasteiger partial charge on any atom is -0.378 e. The van der Waals surface area contributed by atoms with Gasteiger partial charge in [0, 0.05) is 42.3 Å². The number of fused-ring (bicyclic) bond motifs is 3. The molecule has 0 bridgehead atoms. The Morgan fingerprint density at radius 2 is 2.15 bits per heavy atom. The highest BCUT2D eigenvalue weighted by Gasteiger charge is 2.17. The number of hydrogen-bond acceptors (Lipinski definition) is 3. The lowest BCUT2D eigenvalue weighted by Crippen LogP contribution is -2.34. The molecule has 3 aromatic rings. The summed E-state index contributed by atoms with van der Waals surface area (Å²) >= 11 is 0. The van der Waals surface area contributed by atoms with Gasteiger partial charge in [-0.2, -0.15) is 0 Å². The predicted molar refractivity (Wildman–Crippen MR) is 79.8 cm³/mol. The molecule has 4 nitrogen and oxygen atoms in total. The van der Waals surface area contributed by atoms with Gasteiger partial charge in [-0.3, -0.25) is 4.98 Å². The Labute approximate surface area is 117 Å². The lowest BCUT2D eigenvalue weighted by atomic mass is 10.0. The topological polar surface area (TPSA) is 39.1 Å². The Balaban J connectivity index is 1.92. The summed E-state index contributed by atoms with van der Waals surface area (Å²) in [7, 11) is 2.10. The monoisotopic (exact) mass is 267 g/mol. The first kappa shape index (κ1) is 11.9. The molecule has 1 saturated heterocycles. The van der Waals surface area contributed by atoms with Crippen molar-refractivity contribution >= 4 is 21.8 Å². The predicted octanol–water partition coefficient (Wildman–Crippen LogP) is 2.39. The van der Waals surface area contributed by atoms with Crippen LogP contribution in [0.3, 0.4) is 0 Å². The average molecular weight is 267 g/mol. The van der Waals surface area contributed by atoms with Crippen LogP contribution in [0.5, 0.6) is 0 Å². The molecule has 1 fully saturated rings. The van der Waals surface area contributed by atoms with Crippen LogP contribution in [0, 0.1) is 0 Å². The Bertz CT molecular complexity index is 772. The second-order valence-corrected chi connectivity index (χ2v) is 5.31. The fourth-order valence-electron chi connectivity index (χ4n) is 3.08. The van der Waals surface area contributed by atoms with Gasteiger partial charge in [0.15, 0.2) is 0 Å². The van der Waals surface area contributed by atoms with Crippen molar-refractivity contribution in [2.24, 2.45) is 7.05 Å². The minimum absolute atomic E-state index is 0.292. The molecule has 0 saturated carbocycles. The fraction of sp³-hybridized carbons (Fsp3) is 0.312. The van der Waals surface area contributed by atoms with Crippen LogP contribution in [0.15, 0.2) is 36.7 Å². The van der Waals surface area contributed by atoms with Crippen LogP contribution < -0.4 is 5.32 Å². The van der Waals surface area contributed by atoms with E-state index in [-0.39, 0.29) is 0 Å². The van der Waals surface area contributed by atoms with E-state index in [1.54, 1.807) is 0 Å². The third-order valence-corrected chi connectivity index (χ3v) is 4.16. The van der Waals surface area contributed by atoms with Crippen LogP contribution in [-0.2, 0) is 11.8 Å². The maximum absolute atomic E-state index is 5.56. The fourth-order valence-corrected chi connectivity index (χ4v) is 3.08. The van der Waals surface area contributed by atoms with E-state index in [1.165, 1.54) is 27.4 Å². The van der Waals surface area contributed by atoms with E-state index in [0.29, 0.717) is 6.04 Å². The van der Waals surface area contributed by atoms with E-state index < -0.39 is 0 Å². The third kappa shape index (κ3) is 1.72. The van der Waals surface area contributed by atoms with Gasteiger partial charge in [0.2, 0.25) is 0 Å². The lowest BCUT2D eigenvalue weighted by Gasteiger charge is -2.24. The largest absolute Gasteiger partial charge is 0.378 e. The van der Waals surface area contributed by atoms with Crippen molar-refractivity contribution in [3.05, 3.63) is 42.2 Å². The molecule has 4 heteroatoms. The van der Waals surface area contributed by atoms with Gasteiger partial charge in [-0.15, -0.1) is 0 Å². The second-order valence-electron chi connectivity index (χ2n) is 5.31. The number of ether oxygens (including phenoxy) is 1. The summed E-state index contributed by atoms with van der Waals surface area (Å²) in [5.74, 6) is 0. The van der Waals surface area contributed by atoms with Crippen LogP contribution in [-0.4, -0.2) is 29.3 Å². The summed E-state index contributed by atoms with van der Waals surface area (Å²) in [4.78, 5) is 4.26. The van der Waals surface area contributed by atoms with Gasteiger partial charge in [0.25, 0.3) is 0 Å². The van der Waals surface area contributed by atoms with Crippen molar-refractivity contribution in [3.63, 3.8) is 0 Å². The second kappa shape index (κ2) is 4.58. The summed E-state index contributed by atoms with van der Waals surface area (Å²) in [5, 5.41) is 5.98. The van der Waals surface area contributed by atoms with Crippen molar-refractivity contribution in [2.75, 3.05) is 19.8 Å². The number of hydrogen-bond donors (Lipinski definition) is 1. The molecule has 1 unspecified atom stereocenters. The smallest absolute Gasteiger partial charge is 0.0662 e. The molecule has 3 heterocycles. The molecule has 0 spiro atoms. The Morgan fingerprint density at radius 1 is 1.25 bits per heavy atom. The minimum atomic E-state index is 0.292. The van der Waals surface area contributed by atoms with Crippen molar-refractivity contribution in [1.29, 1.82) is 0 Å². The quantitative estimate of drug-likeness (QED) is 0.736. The number of aryl methyl sites for hydroxylation is 1. The highest BCUT2D eigenvalue weighted by atomic mass is 16.5. The normalized spacial score (nSPS) is 19.8. The highest BCUT2D eigenvalue weighted by Crippen LogP contribution is 2.30. The van der Waals surface area contributed by atoms with Crippen LogP contribution in [0.1, 0.15) is 11.6 Å². The maximum Gasteiger partial charge on any atom is 0.0662 e. The number of benzene rings is 1. The molecule has 1 aliphatic rings. The van der Waals surface area contributed by atoms with Crippen LogP contribution in [0.2, 0.25) is 0 Å². The molecule has 1 aromatic carbocycles. The van der Waals surface area contributed by atoms with Gasteiger partial charge in [-0.05, 0) is 23.8 Å². The summed E-state index contributed by atoms with van der Waals surface area (Å²) in [5.41, 5.74) is 3.75. The highest BCUT2D eigenvalue weighted by molar-refractivity contribution is 6.07. The van der Waals surface area contributed by atoms with E-state index in [4.69, 9.17) is 4.74 Å². The molecule has 102 valence electrons. The molecule has 20 heavy (non-hydrogen) atoms. The molecule has 0 radical (unpaired) electrons. The standard InChI is InChI=1S/C16H17N3O/c1-19-15-3-2-11(14-10-20-7-6-18-14)8-12(15)13-9-17-5-4-16(13)19/h2-5,8-9,14,18H,6-7,10H2,1H3. The molecule has 0 aliphatic carbocycles. The molecule has 1 N–H and O–H groups in total. The van der Waals surface area contributed by atoms with Gasteiger partial charge in [-0.25, -0.2) is 0 Å². The van der Waals surface area contributed by atoms with E-state index in [2.05, 4.69) is 46.2 Å². The number of nitrogens with zero attached hydrogens (tertiary/aromatic N) is 2. The average Bonchev–Trinajstić information content (AvgIpc) is 2.81. The summed E-state index contributed by atoms with van der Waals surface area (Å²) in [6, 6.07) is 9.02. The molecule has 4 rings (SSSR count). The van der Waals surface area contributed by atoms with Crippen molar-refractivity contribution in [2.45, 2.75) is 6.04 Å². The third-order valence-electron chi connectivity index (χ3n) is 4.16. The summed E-state index contributed by atoms with van der Waals surface area (Å²) < 4.78 is 7.78. The molecular weight excluding hydrogens is 250 g/mol. The Hall–Kier alpha value is -1.91. The van der Waals surface area contributed by atoms with E-state index in [0.717, 1.165) is 19.8 Å². The lowest BCUT2D eigenvalue weighted by molar-refractivity contribution is 0.0769.